The topological polar surface area (TPSA) is 54.9 Å². The van der Waals surface area contributed by atoms with Gasteiger partial charge in [0.2, 0.25) is 0 Å². The number of aliphatic imine (C=N–C) groups is 1. The number of benzene rings is 2. The van der Waals surface area contributed by atoms with Crippen LogP contribution in [0.5, 0.6) is 11.5 Å². The summed E-state index contributed by atoms with van der Waals surface area (Å²) < 4.78 is 10.9. The minimum absolute atomic E-state index is 0.0322. The zero-order valence-electron chi connectivity index (χ0n) is 15.7. The molecule has 2 rings (SSSR count). The Labute approximate surface area is 160 Å². The Morgan fingerprint density at radius 3 is 2.62 bits per heavy atom. The first kappa shape index (κ1) is 19.9. The number of nitrogens with zero attached hydrogens (tertiary/aromatic N) is 1. The quantitative estimate of drug-likeness (QED) is 0.563. The second-order valence-corrected chi connectivity index (χ2v) is 6.14. The van der Waals surface area contributed by atoms with Crippen LogP contribution >= 0.6 is 11.6 Å². The molecule has 1 unspecified atom stereocenters. The molecule has 0 fully saturated rings. The second kappa shape index (κ2) is 9.92. The number of rotatable bonds is 7. The third-order valence-corrected chi connectivity index (χ3v) is 4.28. The van der Waals surface area contributed by atoms with Crippen LogP contribution < -0.4 is 20.1 Å². The molecular weight excluding hydrogens is 350 g/mol. The van der Waals surface area contributed by atoms with E-state index >= 15 is 0 Å². The van der Waals surface area contributed by atoms with Crippen LogP contribution in [-0.4, -0.2) is 26.7 Å². The summed E-state index contributed by atoms with van der Waals surface area (Å²) in [5.74, 6) is 2.17. The number of halogens is 1. The van der Waals surface area contributed by atoms with Gasteiger partial charge in [-0.3, -0.25) is 4.99 Å². The van der Waals surface area contributed by atoms with Crippen molar-refractivity contribution in [1.82, 2.24) is 10.6 Å². The zero-order chi connectivity index (χ0) is 18.9. The predicted octanol–water partition coefficient (Wildman–Crippen LogP) is 4.17. The molecule has 0 bridgehead atoms. The molecule has 0 aliphatic carbocycles. The minimum atomic E-state index is 0.0322. The monoisotopic (exact) mass is 375 g/mol. The van der Waals surface area contributed by atoms with E-state index in [9.17, 15) is 0 Å². The minimum Gasteiger partial charge on any atom is -0.493 e. The maximum atomic E-state index is 6.27. The molecule has 140 valence electrons. The SMILES string of the molecule is CCOc1cc(CNC(=NC)NC(C)c2ccccc2Cl)ccc1OC. The van der Waals surface area contributed by atoms with E-state index in [1.165, 1.54) is 0 Å². The molecule has 2 N–H and O–H groups in total. The van der Waals surface area contributed by atoms with Crippen molar-refractivity contribution < 1.29 is 9.47 Å². The Hall–Kier alpha value is -2.40. The summed E-state index contributed by atoms with van der Waals surface area (Å²) in [6.07, 6.45) is 0. The molecule has 5 nitrogen and oxygen atoms in total. The molecule has 2 aromatic carbocycles. The highest BCUT2D eigenvalue weighted by Gasteiger charge is 2.11. The number of guanidine groups is 1. The lowest BCUT2D eigenvalue weighted by molar-refractivity contribution is 0.310. The van der Waals surface area contributed by atoms with Crippen molar-refractivity contribution in [3.05, 3.63) is 58.6 Å². The van der Waals surface area contributed by atoms with Gasteiger partial charge in [-0.25, -0.2) is 0 Å². The molecule has 0 spiro atoms. The molecule has 26 heavy (non-hydrogen) atoms. The van der Waals surface area contributed by atoms with E-state index in [1.807, 2.05) is 49.4 Å². The van der Waals surface area contributed by atoms with E-state index in [1.54, 1.807) is 14.2 Å². The summed E-state index contributed by atoms with van der Waals surface area (Å²) in [6, 6.07) is 13.7. The fraction of sp³-hybridized carbons (Fsp3) is 0.350. The molecule has 0 heterocycles. The van der Waals surface area contributed by atoms with Gasteiger partial charge in [0.05, 0.1) is 19.8 Å². The number of methoxy groups -OCH3 is 1. The van der Waals surface area contributed by atoms with Crippen molar-refractivity contribution in [3.63, 3.8) is 0 Å². The van der Waals surface area contributed by atoms with Crippen molar-refractivity contribution >= 4 is 17.6 Å². The van der Waals surface area contributed by atoms with Crippen LogP contribution in [0.25, 0.3) is 0 Å². The molecule has 0 saturated carbocycles. The van der Waals surface area contributed by atoms with Gasteiger partial charge in [-0.05, 0) is 43.2 Å². The average molecular weight is 376 g/mol. The molecule has 0 amide bonds. The Balaban J connectivity index is 2.01. The van der Waals surface area contributed by atoms with E-state index in [4.69, 9.17) is 21.1 Å². The maximum Gasteiger partial charge on any atom is 0.191 e. The molecule has 0 aliphatic heterocycles. The number of nitrogens with one attached hydrogen (secondary N) is 2. The highest BCUT2D eigenvalue weighted by Crippen LogP contribution is 2.28. The van der Waals surface area contributed by atoms with Gasteiger partial charge in [0, 0.05) is 18.6 Å². The normalized spacial score (nSPS) is 12.4. The van der Waals surface area contributed by atoms with Gasteiger partial charge in [-0.2, -0.15) is 0 Å². The van der Waals surface area contributed by atoms with Gasteiger partial charge >= 0.3 is 0 Å². The van der Waals surface area contributed by atoms with Crippen LogP contribution in [0.15, 0.2) is 47.5 Å². The molecule has 1 atom stereocenters. The third kappa shape index (κ3) is 5.30. The third-order valence-electron chi connectivity index (χ3n) is 3.94. The number of hydrogen-bond donors (Lipinski definition) is 2. The summed E-state index contributed by atoms with van der Waals surface area (Å²) in [4.78, 5) is 4.29. The fourth-order valence-electron chi connectivity index (χ4n) is 2.59. The van der Waals surface area contributed by atoms with E-state index in [-0.39, 0.29) is 6.04 Å². The van der Waals surface area contributed by atoms with Crippen molar-refractivity contribution in [1.29, 1.82) is 0 Å². The lowest BCUT2D eigenvalue weighted by Crippen LogP contribution is -2.38. The van der Waals surface area contributed by atoms with Crippen LogP contribution in [0.4, 0.5) is 0 Å². The van der Waals surface area contributed by atoms with Gasteiger partial charge in [0.1, 0.15) is 0 Å². The summed E-state index contributed by atoms with van der Waals surface area (Å²) >= 11 is 6.27. The van der Waals surface area contributed by atoms with E-state index in [0.29, 0.717) is 19.1 Å². The van der Waals surface area contributed by atoms with Crippen LogP contribution in [0, 0.1) is 0 Å². The van der Waals surface area contributed by atoms with Gasteiger partial charge < -0.3 is 20.1 Å². The summed E-state index contributed by atoms with van der Waals surface area (Å²) in [7, 11) is 3.38. The number of hydrogen-bond acceptors (Lipinski definition) is 3. The van der Waals surface area contributed by atoms with Gasteiger partial charge in [0.25, 0.3) is 0 Å². The molecule has 0 aliphatic rings. The molecular formula is C20H26ClN3O2. The van der Waals surface area contributed by atoms with Crippen molar-refractivity contribution in [2.45, 2.75) is 26.4 Å². The Bertz CT molecular complexity index is 750. The highest BCUT2D eigenvalue weighted by molar-refractivity contribution is 6.31. The first-order valence-electron chi connectivity index (χ1n) is 8.60. The summed E-state index contributed by atoms with van der Waals surface area (Å²) in [5.41, 5.74) is 2.10. The van der Waals surface area contributed by atoms with Crippen molar-refractivity contribution in [2.24, 2.45) is 4.99 Å². The molecule has 0 saturated heterocycles. The summed E-state index contributed by atoms with van der Waals surface area (Å²) in [6.45, 7) is 5.20. The van der Waals surface area contributed by atoms with Crippen LogP contribution in [0.2, 0.25) is 5.02 Å². The largest absolute Gasteiger partial charge is 0.493 e. The van der Waals surface area contributed by atoms with E-state index in [0.717, 1.165) is 27.6 Å². The average Bonchev–Trinajstić information content (AvgIpc) is 2.65. The first-order chi connectivity index (χ1) is 12.6. The van der Waals surface area contributed by atoms with E-state index < -0.39 is 0 Å². The fourth-order valence-corrected chi connectivity index (χ4v) is 2.89. The van der Waals surface area contributed by atoms with E-state index in [2.05, 4.69) is 22.5 Å². The highest BCUT2D eigenvalue weighted by atomic mass is 35.5. The maximum absolute atomic E-state index is 6.27. The van der Waals surface area contributed by atoms with Crippen LogP contribution in [-0.2, 0) is 6.54 Å². The molecule has 0 aromatic heterocycles. The Kier molecular flexibility index (Phi) is 7.60. The smallest absolute Gasteiger partial charge is 0.191 e. The predicted molar refractivity (Wildman–Crippen MR) is 107 cm³/mol. The Morgan fingerprint density at radius 1 is 1.19 bits per heavy atom. The molecule has 2 aromatic rings. The number of ether oxygens (including phenoxy) is 2. The first-order valence-corrected chi connectivity index (χ1v) is 8.98. The Morgan fingerprint density at radius 2 is 1.96 bits per heavy atom. The second-order valence-electron chi connectivity index (χ2n) is 5.73. The van der Waals surface area contributed by atoms with Gasteiger partial charge in [-0.15, -0.1) is 0 Å². The zero-order valence-corrected chi connectivity index (χ0v) is 16.4. The van der Waals surface area contributed by atoms with Gasteiger partial charge in [0.15, 0.2) is 17.5 Å². The van der Waals surface area contributed by atoms with Crippen LogP contribution in [0.3, 0.4) is 0 Å². The van der Waals surface area contributed by atoms with Crippen molar-refractivity contribution in [2.75, 3.05) is 20.8 Å². The van der Waals surface area contributed by atoms with Gasteiger partial charge in [-0.1, -0.05) is 35.9 Å². The standard InChI is InChI=1S/C20H26ClN3O2/c1-5-26-19-12-15(10-11-18(19)25-4)13-23-20(22-3)24-14(2)16-8-6-7-9-17(16)21/h6-12,14H,5,13H2,1-4H3,(H2,22,23,24). The molecule has 0 radical (unpaired) electrons. The molecule has 6 heteroatoms. The lowest BCUT2D eigenvalue weighted by atomic mass is 10.1. The van der Waals surface area contributed by atoms with Crippen LogP contribution in [0.1, 0.15) is 31.0 Å². The lowest BCUT2D eigenvalue weighted by Gasteiger charge is -2.19. The van der Waals surface area contributed by atoms with Crippen molar-refractivity contribution in [3.8, 4) is 11.5 Å². The summed E-state index contributed by atoms with van der Waals surface area (Å²) in [5, 5.41) is 7.40.